The highest BCUT2D eigenvalue weighted by atomic mass is 32.1. The Morgan fingerprint density at radius 2 is 2.47 bits per heavy atom. The van der Waals surface area contributed by atoms with Gasteiger partial charge in [-0.15, -0.1) is 0 Å². The van der Waals surface area contributed by atoms with Crippen LogP contribution in [0, 0.1) is 0 Å². The summed E-state index contributed by atoms with van der Waals surface area (Å²) in [6.07, 6.45) is 2.90. The van der Waals surface area contributed by atoms with Crippen LogP contribution in [0.4, 0.5) is 5.13 Å². The summed E-state index contributed by atoms with van der Waals surface area (Å²) in [5.41, 5.74) is 2.54. The summed E-state index contributed by atoms with van der Waals surface area (Å²) in [6.45, 7) is 2.74. The smallest absolute Gasteiger partial charge is 0.197 e. The van der Waals surface area contributed by atoms with Crippen molar-refractivity contribution in [2.75, 3.05) is 32.7 Å². The maximum atomic E-state index is 5.26. The van der Waals surface area contributed by atoms with Crippen LogP contribution in [0.3, 0.4) is 0 Å². The Bertz CT molecular complexity index is 279. The minimum atomic E-state index is 0.760. The largest absolute Gasteiger partial charge is 0.385 e. The molecule has 15 heavy (non-hydrogen) atoms. The number of thiazole rings is 1. The fourth-order valence-electron chi connectivity index (χ4n) is 1.27. The molecule has 0 atom stereocenters. The van der Waals surface area contributed by atoms with Crippen molar-refractivity contribution in [3.05, 3.63) is 11.1 Å². The van der Waals surface area contributed by atoms with Crippen molar-refractivity contribution in [1.82, 2.24) is 9.88 Å². The number of hydrogen-bond donors (Lipinski definition) is 2. The van der Waals surface area contributed by atoms with Crippen LogP contribution < -0.4 is 11.3 Å². The maximum Gasteiger partial charge on any atom is 0.197 e. The summed E-state index contributed by atoms with van der Waals surface area (Å²) in [6, 6.07) is 0. The van der Waals surface area contributed by atoms with E-state index in [1.165, 1.54) is 4.88 Å². The molecule has 0 radical (unpaired) electrons. The van der Waals surface area contributed by atoms with Crippen LogP contribution in [0.2, 0.25) is 0 Å². The molecule has 0 saturated carbocycles. The molecule has 0 bridgehead atoms. The number of nitrogens with zero attached hydrogens (tertiary/aromatic N) is 2. The molecule has 6 heteroatoms. The zero-order chi connectivity index (χ0) is 11.1. The molecule has 0 aliphatic heterocycles. The first kappa shape index (κ1) is 12.4. The van der Waals surface area contributed by atoms with Gasteiger partial charge in [-0.05, 0) is 13.5 Å². The van der Waals surface area contributed by atoms with E-state index in [2.05, 4.69) is 22.4 Å². The van der Waals surface area contributed by atoms with Crippen molar-refractivity contribution < 1.29 is 4.74 Å². The van der Waals surface area contributed by atoms with E-state index in [0.717, 1.165) is 31.2 Å². The van der Waals surface area contributed by atoms with E-state index in [0.29, 0.717) is 0 Å². The average molecular weight is 230 g/mol. The van der Waals surface area contributed by atoms with Crippen LogP contribution in [0.25, 0.3) is 0 Å². The van der Waals surface area contributed by atoms with E-state index in [1.807, 2.05) is 6.20 Å². The number of nitrogens with two attached hydrogens (primary N) is 1. The molecule has 1 aromatic heterocycles. The minimum Gasteiger partial charge on any atom is -0.385 e. The summed E-state index contributed by atoms with van der Waals surface area (Å²) in [4.78, 5) is 7.57. The third kappa shape index (κ3) is 4.57. The van der Waals surface area contributed by atoms with Crippen LogP contribution in [0.5, 0.6) is 0 Å². The summed E-state index contributed by atoms with van der Waals surface area (Å²) in [5.74, 6) is 5.26. The molecule has 0 aromatic carbocycles. The van der Waals surface area contributed by atoms with Crippen molar-refractivity contribution >= 4 is 16.5 Å². The number of nitrogens with one attached hydrogen (secondary N) is 1. The van der Waals surface area contributed by atoms with E-state index in [9.17, 15) is 0 Å². The first-order valence-electron chi connectivity index (χ1n) is 4.85. The number of hydrazine groups is 1. The van der Waals surface area contributed by atoms with Gasteiger partial charge >= 0.3 is 0 Å². The van der Waals surface area contributed by atoms with Gasteiger partial charge in [-0.2, -0.15) is 0 Å². The SMILES string of the molecule is COCCCN(C)Cc1cnc(NN)s1. The minimum absolute atomic E-state index is 0.760. The van der Waals surface area contributed by atoms with Crippen LogP contribution in [0.15, 0.2) is 6.20 Å². The molecular weight excluding hydrogens is 212 g/mol. The predicted molar refractivity (Wildman–Crippen MR) is 62.8 cm³/mol. The molecule has 1 rings (SSSR count). The number of ether oxygens (including phenoxy) is 1. The van der Waals surface area contributed by atoms with Gasteiger partial charge in [0.15, 0.2) is 5.13 Å². The number of hydrogen-bond acceptors (Lipinski definition) is 6. The standard InChI is InChI=1S/C9H18N4OS/c1-13(4-3-5-14-2)7-8-6-11-9(12-10)15-8/h6H,3-5,7,10H2,1-2H3,(H,11,12). The van der Waals surface area contributed by atoms with Crippen LogP contribution in [0.1, 0.15) is 11.3 Å². The zero-order valence-corrected chi connectivity index (χ0v) is 10.0. The van der Waals surface area contributed by atoms with Crippen molar-refractivity contribution in [3.8, 4) is 0 Å². The van der Waals surface area contributed by atoms with Gasteiger partial charge < -0.3 is 9.64 Å². The molecule has 0 aliphatic rings. The zero-order valence-electron chi connectivity index (χ0n) is 9.19. The Kier molecular flexibility index (Phi) is 5.56. The highest BCUT2D eigenvalue weighted by Crippen LogP contribution is 2.17. The molecule has 0 aliphatic carbocycles. The monoisotopic (exact) mass is 230 g/mol. The first-order chi connectivity index (χ1) is 7.26. The molecule has 86 valence electrons. The summed E-state index contributed by atoms with van der Waals surface area (Å²) < 4.78 is 5.00. The van der Waals surface area contributed by atoms with Gasteiger partial charge in [-0.1, -0.05) is 11.3 Å². The third-order valence-electron chi connectivity index (χ3n) is 1.99. The van der Waals surface area contributed by atoms with Crippen molar-refractivity contribution in [3.63, 3.8) is 0 Å². The number of methoxy groups -OCH3 is 1. The lowest BCUT2D eigenvalue weighted by atomic mass is 10.4. The molecule has 0 fully saturated rings. The molecule has 0 saturated heterocycles. The van der Waals surface area contributed by atoms with Crippen LogP contribution in [-0.2, 0) is 11.3 Å². The number of aromatic nitrogens is 1. The number of anilines is 1. The summed E-state index contributed by atoms with van der Waals surface area (Å²) >= 11 is 1.58. The second kappa shape index (κ2) is 6.73. The molecule has 0 unspecified atom stereocenters. The van der Waals surface area contributed by atoms with Gasteiger partial charge in [0, 0.05) is 37.9 Å². The second-order valence-electron chi connectivity index (χ2n) is 3.36. The quantitative estimate of drug-likeness (QED) is 0.414. The molecule has 0 amide bonds. The molecule has 5 nitrogen and oxygen atoms in total. The van der Waals surface area contributed by atoms with Gasteiger partial charge in [0.05, 0.1) is 0 Å². The molecular formula is C9H18N4OS. The van der Waals surface area contributed by atoms with E-state index in [4.69, 9.17) is 10.6 Å². The Labute approximate surface area is 94.2 Å². The number of rotatable bonds is 7. The first-order valence-corrected chi connectivity index (χ1v) is 5.66. The Morgan fingerprint density at radius 3 is 3.07 bits per heavy atom. The second-order valence-corrected chi connectivity index (χ2v) is 4.48. The fourth-order valence-corrected chi connectivity index (χ4v) is 2.07. The topological polar surface area (TPSA) is 63.4 Å². The fraction of sp³-hybridized carbons (Fsp3) is 0.667. The summed E-state index contributed by atoms with van der Waals surface area (Å²) in [7, 11) is 3.81. The summed E-state index contributed by atoms with van der Waals surface area (Å²) in [5, 5.41) is 0.760. The number of nitrogen functional groups attached to an aromatic ring is 1. The highest BCUT2D eigenvalue weighted by Gasteiger charge is 2.04. The Hall–Kier alpha value is -0.690. The van der Waals surface area contributed by atoms with E-state index in [1.54, 1.807) is 18.4 Å². The normalized spacial score (nSPS) is 10.9. The van der Waals surface area contributed by atoms with Crippen molar-refractivity contribution in [1.29, 1.82) is 0 Å². The lowest BCUT2D eigenvalue weighted by Crippen LogP contribution is -2.19. The Morgan fingerprint density at radius 1 is 1.67 bits per heavy atom. The van der Waals surface area contributed by atoms with Crippen molar-refractivity contribution in [2.45, 2.75) is 13.0 Å². The van der Waals surface area contributed by atoms with E-state index in [-0.39, 0.29) is 0 Å². The average Bonchev–Trinajstić information content (AvgIpc) is 2.66. The maximum absolute atomic E-state index is 5.26. The lowest BCUT2D eigenvalue weighted by molar-refractivity contribution is 0.178. The van der Waals surface area contributed by atoms with Gasteiger partial charge in [-0.25, -0.2) is 10.8 Å². The molecule has 3 N–H and O–H groups in total. The molecule has 1 heterocycles. The molecule has 1 aromatic rings. The Balaban J connectivity index is 2.27. The van der Waals surface area contributed by atoms with Gasteiger partial charge in [0.2, 0.25) is 0 Å². The van der Waals surface area contributed by atoms with E-state index >= 15 is 0 Å². The van der Waals surface area contributed by atoms with Crippen LogP contribution >= 0.6 is 11.3 Å². The predicted octanol–water partition coefficient (Wildman–Crippen LogP) is 0.897. The van der Waals surface area contributed by atoms with Crippen LogP contribution in [-0.4, -0.2) is 37.2 Å². The highest BCUT2D eigenvalue weighted by molar-refractivity contribution is 7.15. The van der Waals surface area contributed by atoms with Gasteiger partial charge in [0.25, 0.3) is 0 Å². The van der Waals surface area contributed by atoms with E-state index < -0.39 is 0 Å². The van der Waals surface area contributed by atoms with Gasteiger partial charge in [-0.3, -0.25) is 5.43 Å². The lowest BCUT2D eigenvalue weighted by Gasteiger charge is -2.14. The third-order valence-corrected chi connectivity index (χ3v) is 2.90. The van der Waals surface area contributed by atoms with Gasteiger partial charge in [0.1, 0.15) is 0 Å². The molecule has 0 spiro atoms. The van der Waals surface area contributed by atoms with Crippen molar-refractivity contribution in [2.24, 2.45) is 5.84 Å².